The molecule has 2 heteroatoms. The lowest BCUT2D eigenvalue weighted by Crippen LogP contribution is -2.29. The second-order valence-electron chi connectivity index (χ2n) is 2.45. The summed E-state index contributed by atoms with van der Waals surface area (Å²) in [5.41, 5.74) is 0. The fourth-order valence-corrected chi connectivity index (χ4v) is 0.887. The molecule has 2 nitrogen and oxygen atoms in total. The van der Waals surface area contributed by atoms with Gasteiger partial charge in [-0.05, 0) is 13.3 Å². The molecule has 0 aromatic rings. The average Bonchev–Trinajstić information content (AvgIpc) is 1.89. The van der Waals surface area contributed by atoms with Gasteiger partial charge in [0.1, 0.15) is 0 Å². The van der Waals surface area contributed by atoms with Crippen LogP contribution in [0.3, 0.4) is 0 Å². The van der Waals surface area contributed by atoms with Crippen molar-refractivity contribution < 1.29 is 4.79 Å². The molecule has 0 aliphatic rings. The first kappa shape index (κ1) is 9.47. The van der Waals surface area contributed by atoms with Gasteiger partial charge in [-0.25, -0.2) is 0 Å². The van der Waals surface area contributed by atoms with Crippen molar-refractivity contribution in [3.8, 4) is 0 Å². The molecule has 0 unspecified atom stereocenters. The maximum atomic E-state index is 10.8. The van der Waals surface area contributed by atoms with E-state index in [2.05, 4.69) is 6.92 Å². The van der Waals surface area contributed by atoms with Crippen molar-refractivity contribution in [2.24, 2.45) is 0 Å². The predicted molar refractivity (Wildman–Crippen MR) is 42.8 cm³/mol. The monoisotopic (exact) mass is 143 g/mol. The molecule has 0 fully saturated rings. The molecule has 0 aliphatic heterocycles. The SMILES string of the molecule is CCCCN(CC)C(C)=O. The molecular formula is C8H17NO. The summed E-state index contributed by atoms with van der Waals surface area (Å²) < 4.78 is 0. The summed E-state index contributed by atoms with van der Waals surface area (Å²) in [6, 6.07) is 0. The lowest BCUT2D eigenvalue weighted by atomic mass is 10.3. The molecule has 0 bridgehead atoms. The van der Waals surface area contributed by atoms with Crippen molar-refractivity contribution in [3.05, 3.63) is 0 Å². The maximum Gasteiger partial charge on any atom is 0.219 e. The number of carbonyl (C=O) groups excluding carboxylic acids is 1. The molecule has 0 atom stereocenters. The summed E-state index contributed by atoms with van der Waals surface area (Å²) in [6.07, 6.45) is 2.28. The molecule has 0 radical (unpaired) electrons. The molecule has 1 amide bonds. The van der Waals surface area contributed by atoms with Crippen LogP contribution in [0.2, 0.25) is 0 Å². The number of carbonyl (C=O) groups is 1. The van der Waals surface area contributed by atoms with E-state index < -0.39 is 0 Å². The van der Waals surface area contributed by atoms with Crippen LogP contribution in [-0.2, 0) is 4.79 Å². The van der Waals surface area contributed by atoms with E-state index in [9.17, 15) is 4.79 Å². The zero-order valence-corrected chi connectivity index (χ0v) is 7.18. The quantitative estimate of drug-likeness (QED) is 0.586. The normalized spacial score (nSPS) is 9.50. The summed E-state index contributed by atoms with van der Waals surface area (Å²) in [7, 11) is 0. The van der Waals surface area contributed by atoms with Gasteiger partial charge in [-0.1, -0.05) is 13.3 Å². The van der Waals surface area contributed by atoms with E-state index >= 15 is 0 Å². The van der Waals surface area contributed by atoms with Crippen LogP contribution >= 0.6 is 0 Å². The van der Waals surface area contributed by atoms with Crippen LogP contribution in [-0.4, -0.2) is 23.9 Å². The molecule has 10 heavy (non-hydrogen) atoms. The van der Waals surface area contributed by atoms with Gasteiger partial charge in [0.2, 0.25) is 5.91 Å². The van der Waals surface area contributed by atoms with Gasteiger partial charge in [-0.2, -0.15) is 0 Å². The standard InChI is InChI=1S/C8H17NO/c1-4-6-7-9(5-2)8(3)10/h4-7H2,1-3H3. The number of nitrogens with zero attached hydrogens (tertiary/aromatic N) is 1. The second kappa shape index (κ2) is 5.27. The highest BCUT2D eigenvalue weighted by Crippen LogP contribution is 1.94. The Balaban J connectivity index is 3.50. The summed E-state index contributed by atoms with van der Waals surface area (Å²) in [4.78, 5) is 12.7. The van der Waals surface area contributed by atoms with E-state index in [0.29, 0.717) is 0 Å². The molecule has 0 aromatic heterocycles. The van der Waals surface area contributed by atoms with Crippen molar-refractivity contribution in [1.29, 1.82) is 0 Å². The third kappa shape index (κ3) is 3.49. The van der Waals surface area contributed by atoms with Crippen molar-refractivity contribution in [3.63, 3.8) is 0 Å². The van der Waals surface area contributed by atoms with Gasteiger partial charge in [0.25, 0.3) is 0 Å². The van der Waals surface area contributed by atoms with Crippen molar-refractivity contribution in [2.75, 3.05) is 13.1 Å². The first-order valence-electron chi connectivity index (χ1n) is 3.97. The van der Waals surface area contributed by atoms with Gasteiger partial charge in [0.05, 0.1) is 0 Å². The van der Waals surface area contributed by atoms with Gasteiger partial charge in [-0.3, -0.25) is 4.79 Å². The van der Waals surface area contributed by atoms with Crippen LogP contribution < -0.4 is 0 Å². The highest BCUT2D eigenvalue weighted by molar-refractivity contribution is 5.73. The van der Waals surface area contributed by atoms with E-state index in [4.69, 9.17) is 0 Å². The average molecular weight is 143 g/mol. The molecule has 0 aromatic carbocycles. The molecule has 0 saturated heterocycles. The summed E-state index contributed by atoms with van der Waals surface area (Å²) in [5.74, 6) is 0.191. The number of hydrogen-bond donors (Lipinski definition) is 0. The fraction of sp³-hybridized carbons (Fsp3) is 0.875. The fourth-order valence-electron chi connectivity index (χ4n) is 0.887. The van der Waals surface area contributed by atoms with E-state index in [0.717, 1.165) is 25.9 Å². The number of unbranched alkanes of at least 4 members (excludes halogenated alkanes) is 1. The Bertz CT molecular complexity index is 101. The van der Waals surface area contributed by atoms with Gasteiger partial charge in [-0.15, -0.1) is 0 Å². The Hall–Kier alpha value is -0.530. The molecule has 60 valence electrons. The minimum absolute atomic E-state index is 0.191. The maximum absolute atomic E-state index is 10.8. The van der Waals surface area contributed by atoms with Crippen molar-refractivity contribution >= 4 is 5.91 Å². The summed E-state index contributed by atoms with van der Waals surface area (Å²) in [6.45, 7) is 7.53. The number of amides is 1. The van der Waals surface area contributed by atoms with Crippen LogP contribution in [0.4, 0.5) is 0 Å². The van der Waals surface area contributed by atoms with Crippen molar-refractivity contribution in [1.82, 2.24) is 4.90 Å². The molecule has 0 N–H and O–H groups in total. The molecule has 0 spiro atoms. The van der Waals surface area contributed by atoms with Gasteiger partial charge in [0.15, 0.2) is 0 Å². The van der Waals surface area contributed by atoms with Crippen LogP contribution in [0.5, 0.6) is 0 Å². The first-order valence-corrected chi connectivity index (χ1v) is 3.97. The first-order chi connectivity index (χ1) is 4.72. The zero-order valence-electron chi connectivity index (χ0n) is 7.18. The number of hydrogen-bond acceptors (Lipinski definition) is 1. The van der Waals surface area contributed by atoms with E-state index in [-0.39, 0.29) is 5.91 Å². The smallest absolute Gasteiger partial charge is 0.219 e. The lowest BCUT2D eigenvalue weighted by molar-refractivity contribution is -0.128. The Morgan fingerprint density at radius 1 is 1.40 bits per heavy atom. The zero-order chi connectivity index (χ0) is 7.98. The molecular weight excluding hydrogens is 126 g/mol. The van der Waals surface area contributed by atoms with Crippen molar-refractivity contribution in [2.45, 2.75) is 33.6 Å². The second-order valence-corrected chi connectivity index (χ2v) is 2.45. The van der Waals surface area contributed by atoms with Crippen LogP contribution in [0.15, 0.2) is 0 Å². The van der Waals surface area contributed by atoms with Crippen LogP contribution in [0, 0.1) is 0 Å². The lowest BCUT2D eigenvalue weighted by Gasteiger charge is -2.17. The Kier molecular flexibility index (Phi) is 4.99. The minimum Gasteiger partial charge on any atom is -0.343 e. The van der Waals surface area contributed by atoms with E-state index in [1.54, 1.807) is 6.92 Å². The van der Waals surface area contributed by atoms with E-state index in [1.165, 1.54) is 0 Å². The molecule has 0 saturated carbocycles. The van der Waals surface area contributed by atoms with E-state index in [1.807, 2.05) is 11.8 Å². The minimum atomic E-state index is 0.191. The summed E-state index contributed by atoms with van der Waals surface area (Å²) >= 11 is 0. The molecule has 0 aliphatic carbocycles. The third-order valence-electron chi connectivity index (χ3n) is 1.61. The topological polar surface area (TPSA) is 20.3 Å². The van der Waals surface area contributed by atoms with Gasteiger partial charge >= 0.3 is 0 Å². The Labute approximate surface area is 63.2 Å². The van der Waals surface area contributed by atoms with Crippen LogP contribution in [0.25, 0.3) is 0 Å². The van der Waals surface area contributed by atoms with Gasteiger partial charge in [0, 0.05) is 20.0 Å². The Morgan fingerprint density at radius 2 is 2.00 bits per heavy atom. The summed E-state index contributed by atoms with van der Waals surface area (Å²) in [5, 5.41) is 0. The molecule has 0 rings (SSSR count). The van der Waals surface area contributed by atoms with Crippen LogP contribution in [0.1, 0.15) is 33.6 Å². The highest BCUT2D eigenvalue weighted by atomic mass is 16.2. The third-order valence-corrected chi connectivity index (χ3v) is 1.61. The number of rotatable bonds is 4. The molecule has 0 heterocycles. The van der Waals surface area contributed by atoms with Gasteiger partial charge < -0.3 is 4.90 Å². The largest absolute Gasteiger partial charge is 0.343 e. The Morgan fingerprint density at radius 3 is 2.30 bits per heavy atom. The highest BCUT2D eigenvalue weighted by Gasteiger charge is 2.02. The predicted octanol–water partition coefficient (Wildman–Crippen LogP) is 1.65.